The number of carbonyl (C=O) groups is 1. The lowest BCUT2D eigenvalue weighted by Gasteiger charge is -2.31. The predicted molar refractivity (Wildman–Crippen MR) is 114 cm³/mol. The Bertz CT molecular complexity index is 893. The minimum atomic E-state index is -3.49. The van der Waals surface area contributed by atoms with E-state index in [9.17, 15) is 13.2 Å². The average molecular weight is 416 g/mol. The third-order valence-corrected chi connectivity index (χ3v) is 7.40. The molecular weight excluding hydrogens is 386 g/mol. The van der Waals surface area contributed by atoms with Crippen LogP contribution in [0.5, 0.6) is 0 Å². The van der Waals surface area contributed by atoms with Crippen LogP contribution in [0.25, 0.3) is 0 Å². The topological polar surface area (TPSA) is 69.7 Å². The van der Waals surface area contributed by atoms with Gasteiger partial charge in [0.1, 0.15) is 0 Å². The first-order valence-corrected chi connectivity index (χ1v) is 11.4. The van der Waals surface area contributed by atoms with Crippen molar-refractivity contribution in [3.63, 3.8) is 0 Å². The molecule has 0 bridgehead atoms. The number of likely N-dealkylation sites (N-methyl/N-ethyl adjacent to an activating group) is 1. The number of carbonyl (C=O) groups excluding carboxylic acids is 1. The summed E-state index contributed by atoms with van der Waals surface area (Å²) in [7, 11) is 0.504. The number of piperidine rings is 1. The van der Waals surface area contributed by atoms with Crippen LogP contribution in [0.15, 0.2) is 65.6 Å². The molecule has 156 valence electrons. The lowest BCUT2D eigenvalue weighted by Crippen LogP contribution is -2.44. The van der Waals surface area contributed by atoms with E-state index in [0.29, 0.717) is 37.4 Å². The predicted octanol–water partition coefficient (Wildman–Crippen LogP) is 2.51. The van der Waals surface area contributed by atoms with E-state index < -0.39 is 10.0 Å². The maximum atomic E-state index is 12.7. The number of benzene rings is 2. The number of nitrogens with one attached hydrogen (secondary N) is 1. The number of nitrogens with zero attached hydrogens (tertiary/aromatic N) is 2. The van der Waals surface area contributed by atoms with E-state index in [-0.39, 0.29) is 17.9 Å². The van der Waals surface area contributed by atoms with Gasteiger partial charge >= 0.3 is 0 Å². The summed E-state index contributed by atoms with van der Waals surface area (Å²) in [6.45, 7) is 1.26. The van der Waals surface area contributed by atoms with E-state index in [2.05, 4.69) is 22.3 Å². The highest BCUT2D eigenvalue weighted by atomic mass is 32.2. The van der Waals surface area contributed by atoms with Gasteiger partial charge in [-0.25, -0.2) is 8.42 Å². The van der Waals surface area contributed by atoms with E-state index in [4.69, 9.17) is 0 Å². The number of amides is 1. The molecule has 1 atom stereocenters. The SMILES string of the molecule is CN(C)[C@H](CNC(=O)C1CCN(S(=O)(=O)c2ccccc2)CC1)c1ccccc1. The minimum absolute atomic E-state index is 0.00420. The summed E-state index contributed by atoms with van der Waals surface area (Å²) in [5.41, 5.74) is 1.15. The molecule has 0 saturated carbocycles. The van der Waals surface area contributed by atoms with Crippen molar-refractivity contribution in [2.75, 3.05) is 33.7 Å². The zero-order valence-corrected chi connectivity index (χ0v) is 17.8. The smallest absolute Gasteiger partial charge is 0.243 e. The Kier molecular flexibility index (Phi) is 7.05. The molecule has 3 rings (SSSR count). The molecule has 2 aromatic carbocycles. The Morgan fingerprint density at radius 3 is 2.14 bits per heavy atom. The van der Waals surface area contributed by atoms with Crippen LogP contribution in [0, 0.1) is 5.92 Å². The minimum Gasteiger partial charge on any atom is -0.354 e. The second-order valence-electron chi connectivity index (χ2n) is 7.63. The Labute approximate surface area is 173 Å². The summed E-state index contributed by atoms with van der Waals surface area (Å²) in [5.74, 6) is -0.152. The summed E-state index contributed by atoms with van der Waals surface area (Å²) >= 11 is 0. The monoisotopic (exact) mass is 415 g/mol. The molecule has 1 amide bonds. The maximum absolute atomic E-state index is 12.7. The lowest BCUT2D eigenvalue weighted by molar-refractivity contribution is -0.126. The summed E-state index contributed by atoms with van der Waals surface area (Å²) in [6.07, 6.45) is 1.08. The van der Waals surface area contributed by atoms with Crippen LogP contribution in [0.2, 0.25) is 0 Å². The number of sulfonamides is 1. The van der Waals surface area contributed by atoms with Crippen molar-refractivity contribution in [2.45, 2.75) is 23.8 Å². The Balaban J connectivity index is 1.55. The van der Waals surface area contributed by atoms with Crippen molar-refractivity contribution in [3.05, 3.63) is 66.2 Å². The molecule has 7 heteroatoms. The van der Waals surface area contributed by atoms with Gasteiger partial charge in [-0.1, -0.05) is 48.5 Å². The summed E-state index contributed by atoms with van der Waals surface area (Å²) < 4.78 is 26.9. The van der Waals surface area contributed by atoms with Gasteiger partial charge in [0.05, 0.1) is 10.9 Å². The fraction of sp³-hybridized carbons (Fsp3) is 0.409. The number of rotatable bonds is 7. The second kappa shape index (κ2) is 9.52. The van der Waals surface area contributed by atoms with Crippen LogP contribution in [0.4, 0.5) is 0 Å². The fourth-order valence-corrected chi connectivity index (χ4v) is 5.21. The molecule has 1 aliphatic heterocycles. The lowest BCUT2D eigenvalue weighted by atomic mass is 9.97. The van der Waals surface area contributed by atoms with Crippen molar-refractivity contribution in [2.24, 2.45) is 5.92 Å². The molecule has 0 unspecified atom stereocenters. The standard InChI is InChI=1S/C22H29N3O3S/c1-24(2)21(18-9-5-3-6-10-18)17-23-22(26)19-13-15-25(16-14-19)29(27,28)20-11-7-4-8-12-20/h3-12,19,21H,13-17H2,1-2H3,(H,23,26)/t21-/m1/s1. The van der Waals surface area contributed by atoms with Crippen LogP contribution in [0.1, 0.15) is 24.4 Å². The van der Waals surface area contributed by atoms with E-state index in [0.717, 1.165) is 5.56 Å². The van der Waals surface area contributed by atoms with E-state index in [1.54, 1.807) is 30.3 Å². The quantitative estimate of drug-likeness (QED) is 0.754. The maximum Gasteiger partial charge on any atom is 0.243 e. The third-order valence-electron chi connectivity index (χ3n) is 5.48. The number of hydrogen-bond acceptors (Lipinski definition) is 4. The Morgan fingerprint density at radius 2 is 1.59 bits per heavy atom. The van der Waals surface area contributed by atoms with Gasteiger partial charge in [-0.3, -0.25) is 4.79 Å². The molecule has 2 aromatic rings. The zero-order valence-electron chi connectivity index (χ0n) is 17.0. The molecule has 6 nitrogen and oxygen atoms in total. The van der Waals surface area contributed by atoms with Crippen molar-refractivity contribution < 1.29 is 13.2 Å². The first-order valence-electron chi connectivity index (χ1n) is 9.94. The molecule has 1 N–H and O–H groups in total. The molecular formula is C22H29N3O3S. The molecule has 29 heavy (non-hydrogen) atoms. The highest BCUT2D eigenvalue weighted by molar-refractivity contribution is 7.89. The van der Waals surface area contributed by atoms with Gasteiger partial charge in [-0.2, -0.15) is 4.31 Å². The van der Waals surface area contributed by atoms with E-state index in [1.165, 1.54) is 4.31 Å². The zero-order chi connectivity index (χ0) is 20.9. The van der Waals surface area contributed by atoms with Gasteiger partial charge in [0, 0.05) is 25.6 Å². The number of hydrogen-bond donors (Lipinski definition) is 1. The summed E-state index contributed by atoms with van der Waals surface area (Å²) in [6, 6.07) is 18.7. The molecule has 1 aliphatic rings. The molecule has 1 heterocycles. The van der Waals surface area contributed by atoms with Crippen molar-refractivity contribution in [1.82, 2.24) is 14.5 Å². The Hall–Kier alpha value is -2.22. The molecule has 0 spiro atoms. The molecule has 0 aliphatic carbocycles. The molecule has 0 aromatic heterocycles. The van der Waals surface area contributed by atoms with Gasteiger partial charge in [0.25, 0.3) is 0 Å². The Morgan fingerprint density at radius 1 is 1.03 bits per heavy atom. The van der Waals surface area contributed by atoms with Gasteiger partial charge in [0.15, 0.2) is 0 Å². The molecule has 1 fully saturated rings. The fourth-order valence-electron chi connectivity index (χ4n) is 3.72. The van der Waals surface area contributed by atoms with Gasteiger partial charge in [-0.15, -0.1) is 0 Å². The third kappa shape index (κ3) is 5.23. The van der Waals surface area contributed by atoms with Gasteiger partial charge < -0.3 is 10.2 Å². The van der Waals surface area contributed by atoms with E-state index in [1.807, 2.05) is 32.3 Å². The van der Waals surface area contributed by atoms with Crippen molar-refractivity contribution >= 4 is 15.9 Å². The van der Waals surface area contributed by atoms with Crippen LogP contribution in [0.3, 0.4) is 0 Å². The van der Waals surface area contributed by atoms with Crippen LogP contribution < -0.4 is 5.32 Å². The first-order chi connectivity index (χ1) is 13.9. The van der Waals surface area contributed by atoms with Gasteiger partial charge in [-0.05, 0) is 44.6 Å². The molecule has 1 saturated heterocycles. The summed E-state index contributed by atoms with van der Waals surface area (Å²) in [4.78, 5) is 15.1. The van der Waals surface area contributed by atoms with Crippen LogP contribution in [-0.4, -0.2) is 57.3 Å². The average Bonchev–Trinajstić information content (AvgIpc) is 2.75. The van der Waals surface area contributed by atoms with Crippen molar-refractivity contribution in [3.8, 4) is 0 Å². The van der Waals surface area contributed by atoms with Crippen LogP contribution in [-0.2, 0) is 14.8 Å². The van der Waals surface area contributed by atoms with Gasteiger partial charge in [0.2, 0.25) is 15.9 Å². The molecule has 0 radical (unpaired) electrons. The van der Waals surface area contributed by atoms with Crippen LogP contribution >= 0.6 is 0 Å². The van der Waals surface area contributed by atoms with Crippen molar-refractivity contribution in [1.29, 1.82) is 0 Å². The normalized spacial score (nSPS) is 17.2. The highest BCUT2D eigenvalue weighted by Gasteiger charge is 2.32. The highest BCUT2D eigenvalue weighted by Crippen LogP contribution is 2.24. The van der Waals surface area contributed by atoms with E-state index >= 15 is 0 Å². The second-order valence-corrected chi connectivity index (χ2v) is 9.56. The largest absolute Gasteiger partial charge is 0.354 e. The first kappa shape index (κ1) is 21.5. The summed E-state index contributed by atoms with van der Waals surface area (Å²) in [5, 5.41) is 3.07.